The van der Waals surface area contributed by atoms with E-state index < -0.39 is 0 Å². The van der Waals surface area contributed by atoms with Gasteiger partial charge in [-0.25, -0.2) is 0 Å². The second-order valence-electron chi connectivity index (χ2n) is 2.52. The van der Waals surface area contributed by atoms with Gasteiger partial charge in [-0.05, 0) is 13.8 Å². The fourth-order valence-electron chi connectivity index (χ4n) is 0.559. The minimum absolute atomic E-state index is 0.0291. The van der Waals surface area contributed by atoms with Gasteiger partial charge in [0.1, 0.15) is 5.78 Å². The van der Waals surface area contributed by atoms with E-state index in [1.807, 2.05) is 18.2 Å². The number of benzene rings is 1. The predicted molar refractivity (Wildman–Crippen MR) is 47.1 cm³/mol. The van der Waals surface area contributed by atoms with Gasteiger partial charge in [0.05, 0.1) is 0 Å². The van der Waals surface area contributed by atoms with Crippen LogP contribution >= 0.6 is 0 Å². The summed E-state index contributed by atoms with van der Waals surface area (Å²) in [6.45, 7) is 3.06. The number of ketones is 1. The van der Waals surface area contributed by atoms with Crippen molar-refractivity contribution in [1.82, 2.24) is 0 Å². The molecule has 0 aliphatic heterocycles. The molecule has 0 saturated heterocycles. The Morgan fingerprint density at radius 3 is 1.69 bits per heavy atom. The number of hydrogen-bond acceptors (Lipinski definition) is 2. The van der Waals surface area contributed by atoms with Crippen molar-refractivity contribution in [3.05, 3.63) is 35.9 Å². The molecule has 1 aromatic carbocycles. The minimum atomic E-state index is -0.0291. The van der Waals surface area contributed by atoms with Crippen LogP contribution in [-0.4, -0.2) is 10.0 Å². The van der Waals surface area contributed by atoms with Crippen molar-refractivity contribution in [2.24, 2.45) is 0 Å². The van der Waals surface area contributed by atoms with Crippen LogP contribution < -0.4 is 0 Å². The number of hydrogen-bond donors (Lipinski definition) is 0. The second kappa shape index (κ2) is 6.71. The first kappa shape index (κ1) is 12.2. The molecule has 3 heteroatoms. The molecule has 0 unspecified atom stereocenters. The van der Waals surface area contributed by atoms with Crippen molar-refractivity contribution >= 4 is 10.0 Å². The monoisotopic (exact) mass is 269 g/mol. The Labute approximate surface area is 88.7 Å². The molecule has 0 atom stereocenters. The van der Waals surface area contributed by atoms with Crippen molar-refractivity contribution in [2.45, 2.75) is 13.8 Å². The number of carbonyl (C=O) groups is 2. The summed E-state index contributed by atoms with van der Waals surface area (Å²) in [7, 11) is 0. The first-order chi connectivity index (χ1) is 6.04. The van der Waals surface area contributed by atoms with Crippen LogP contribution in [0.15, 0.2) is 30.3 Å². The molecule has 73 valence electrons. The third-order valence-corrected chi connectivity index (χ3v) is 1.43. The van der Waals surface area contributed by atoms with Gasteiger partial charge in [-0.3, -0.25) is 0 Å². The molecule has 0 saturated carbocycles. The summed E-state index contributed by atoms with van der Waals surface area (Å²) in [5, 5.41) is 0. The molecule has 1 aromatic rings. The van der Waals surface area contributed by atoms with E-state index in [-0.39, 0.29) is 10.0 Å². The molecule has 0 aliphatic carbocycles. The summed E-state index contributed by atoms with van der Waals surface area (Å²) in [5.41, 5.74) is 0.709. The molecule has 0 aromatic heterocycles. The molecule has 0 fully saturated rings. The SMILES string of the molecule is CC(C)=O.O=[C]([Pd])c1ccccc1. The first-order valence-electron chi connectivity index (χ1n) is 3.73. The van der Waals surface area contributed by atoms with E-state index in [4.69, 9.17) is 0 Å². The third-order valence-electron chi connectivity index (χ3n) is 0.983. The van der Waals surface area contributed by atoms with E-state index in [2.05, 4.69) is 19.2 Å². The maximum absolute atomic E-state index is 10.6. The van der Waals surface area contributed by atoms with E-state index in [0.29, 0.717) is 5.56 Å². The molecule has 2 nitrogen and oxygen atoms in total. The summed E-state index contributed by atoms with van der Waals surface area (Å²) >= 11 is 2.59. The fourth-order valence-corrected chi connectivity index (χ4v) is 0.818. The number of Topliss-reactive ketones (excluding diaryl/α,β-unsaturated/α-hetero) is 1. The van der Waals surface area contributed by atoms with Gasteiger partial charge in [0.25, 0.3) is 0 Å². The van der Waals surface area contributed by atoms with Crippen LogP contribution in [0, 0.1) is 0 Å². The fraction of sp³-hybridized carbons (Fsp3) is 0.200. The summed E-state index contributed by atoms with van der Waals surface area (Å²) in [6.07, 6.45) is 0. The van der Waals surface area contributed by atoms with Gasteiger partial charge in [0.15, 0.2) is 0 Å². The van der Waals surface area contributed by atoms with Crippen LogP contribution in [0.4, 0.5) is 0 Å². The van der Waals surface area contributed by atoms with E-state index >= 15 is 0 Å². The summed E-state index contributed by atoms with van der Waals surface area (Å²) in [5.74, 6) is 0.167. The molecule has 0 N–H and O–H groups in total. The Balaban J connectivity index is 0.000000310. The van der Waals surface area contributed by atoms with E-state index in [0.717, 1.165) is 0 Å². The van der Waals surface area contributed by atoms with Gasteiger partial charge in [-0.15, -0.1) is 0 Å². The van der Waals surface area contributed by atoms with Crippen LogP contribution in [0.1, 0.15) is 24.2 Å². The summed E-state index contributed by atoms with van der Waals surface area (Å²) < 4.78 is -0.0291. The molecule has 0 amide bonds. The molecule has 0 radical (unpaired) electrons. The molecule has 0 bridgehead atoms. The van der Waals surface area contributed by atoms with E-state index in [1.54, 1.807) is 12.1 Å². The standard InChI is InChI=1S/C7H5O.C3H6O.Pd/c8-6-7-4-2-1-3-5-7;1-3(2)4;/h1-5H;1-2H3;. The Morgan fingerprint density at radius 1 is 1.08 bits per heavy atom. The quantitative estimate of drug-likeness (QED) is 0.731. The number of carbonyl (C=O) groups excluding carboxylic acids is 2. The first-order valence-corrected chi connectivity index (χ1v) is 4.50. The molecule has 13 heavy (non-hydrogen) atoms. The van der Waals surface area contributed by atoms with Gasteiger partial charge in [-0.1, -0.05) is 0 Å². The maximum atomic E-state index is 10.6. The van der Waals surface area contributed by atoms with Gasteiger partial charge in [0, 0.05) is 0 Å². The number of rotatable bonds is 1. The zero-order valence-corrected chi connectivity index (χ0v) is 9.07. The van der Waals surface area contributed by atoms with Crippen molar-refractivity contribution in [3.63, 3.8) is 0 Å². The summed E-state index contributed by atoms with van der Waals surface area (Å²) in [4.78, 5) is 20.0. The molecule has 1 rings (SSSR count). The van der Waals surface area contributed by atoms with Crippen LogP contribution in [-0.2, 0) is 24.0 Å². The van der Waals surface area contributed by atoms with Gasteiger partial charge in [-0.2, -0.15) is 0 Å². The normalized spacial score (nSPS) is 8.31. The predicted octanol–water partition coefficient (Wildman–Crippen LogP) is 1.97. The Hall–Kier alpha value is -0.778. The average Bonchev–Trinajstić information content (AvgIpc) is 2.05. The van der Waals surface area contributed by atoms with Crippen molar-refractivity contribution in [3.8, 4) is 0 Å². The van der Waals surface area contributed by atoms with Crippen LogP contribution in [0.25, 0.3) is 0 Å². The van der Waals surface area contributed by atoms with Gasteiger partial charge < -0.3 is 4.79 Å². The van der Waals surface area contributed by atoms with E-state index in [9.17, 15) is 9.59 Å². The zero-order valence-electron chi connectivity index (χ0n) is 7.52. The summed E-state index contributed by atoms with van der Waals surface area (Å²) in [6, 6.07) is 9.09. The molecular weight excluding hydrogens is 259 g/mol. The van der Waals surface area contributed by atoms with Crippen LogP contribution in [0.2, 0.25) is 0 Å². The van der Waals surface area contributed by atoms with E-state index in [1.165, 1.54) is 13.8 Å². The molecule has 0 spiro atoms. The van der Waals surface area contributed by atoms with Crippen molar-refractivity contribution < 1.29 is 28.8 Å². The zero-order chi connectivity index (χ0) is 10.3. The second-order valence-corrected chi connectivity index (χ2v) is 3.23. The molecule has 0 aliphatic rings. The van der Waals surface area contributed by atoms with Crippen molar-refractivity contribution in [1.29, 1.82) is 0 Å². The van der Waals surface area contributed by atoms with Gasteiger partial charge in [0.2, 0.25) is 0 Å². The average molecular weight is 270 g/mol. The van der Waals surface area contributed by atoms with Gasteiger partial charge >= 0.3 is 64.1 Å². The van der Waals surface area contributed by atoms with Crippen LogP contribution in [0.3, 0.4) is 0 Å². The topological polar surface area (TPSA) is 34.1 Å². The Morgan fingerprint density at radius 2 is 1.46 bits per heavy atom. The van der Waals surface area contributed by atoms with Crippen LogP contribution in [0.5, 0.6) is 0 Å². The molecule has 0 heterocycles. The third kappa shape index (κ3) is 7.58. The Kier molecular flexibility index (Phi) is 6.31. The molecular formula is C10H11O2Pd. The van der Waals surface area contributed by atoms with Crippen molar-refractivity contribution in [2.75, 3.05) is 0 Å². The Bertz CT molecular complexity index is 276.